The highest BCUT2D eigenvalue weighted by Crippen LogP contribution is 2.55. The van der Waals surface area contributed by atoms with Gasteiger partial charge in [0.2, 0.25) is 5.95 Å². The van der Waals surface area contributed by atoms with Gasteiger partial charge in [0.15, 0.2) is 11.6 Å². The normalized spacial score (nSPS) is 17.2. The summed E-state index contributed by atoms with van der Waals surface area (Å²) in [5, 5.41) is 0. The highest BCUT2D eigenvalue weighted by atomic mass is 15.3. The van der Waals surface area contributed by atoms with Gasteiger partial charge in [-0.05, 0) is 76.3 Å². The maximum absolute atomic E-state index is 5.11. The molecule has 1 aromatic heterocycles. The van der Waals surface area contributed by atoms with E-state index in [1.807, 2.05) is 66.7 Å². The number of nitrogens with zero attached hydrogens (tertiary/aromatic N) is 5. The molecule has 5 heteroatoms. The summed E-state index contributed by atoms with van der Waals surface area (Å²) < 4.78 is 0. The van der Waals surface area contributed by atoms with Crippen LogP contribution in [0.5, 0.6) is 0 Å². The van der Waals surface area contributed by atoms with Crippen molar-refractivity contribution in [1.29, 1.82) is 0 Å². The van der Waals surface area contributed by atoms with E-state index in [2.05, 4.69) is 133 Å². The molecular weight excluding hydrogens is 647 g/mol. The molecule has 0 radical (unpaired) electrons. The lowest BCUT2D eigenvalue weighted by Gasteiger charge is -2.30. The Labute approximate surface area is 310 Å². The fraction of sp³-hybridized carbons (Fsp3) is 0.104. The van der Waals surface area contributed by atoms with E-state index < -0.39 is 0 Å². The quantitative estimate of drug-likeness (QED) is 0.175. The second-order valence-electron chi connectivity index (χ2n) is 14.5. The molecule has 5 nitrogen and oxygen atoms in total. The van der Waals surface area contributed by atoms with Crippen LogP contribution < -0.4 is 9.80 Å². The zero-order chi connectivity index (χ0) is 35.5. The first-order valence-corrected chi connectivity index (χ1v) is 18.3. The van der Waals surface area contributed by atoms with Crippen LogP contribution in [-0.4, -0.2) is 21.0 Å². The Morgan fingerprint density at radius 2 is 1.13 bits per heavy atom. The monoisotopic (exact) mass is 683 g/mol. The second-order valence-corrected chi connectivity index (χ2v) is 14.5. The van der Waals surface area contributed by atoms with Crippen LogP contribution in [0.4, 0.5) is 28.7 Å². The smallest absolute Gasteiger partial charge is 0.238 e. The summed E-state index contributed by atoms with van der Waals surface area (Å²) in [5.41, 5.74) is 13.0. The van der Waals surface area contributed by atoms with E-state index in [1.54, 1.807) is 0 Å². The molecule has 0 spiro atoms. The molecule has 1 aliphatic heterocycles. The van der Waals surface area contributed by atoms with E-state index >= 15 is 0 Å². The van der Waals surface area contributed by atoms with Crippen molar-refractivity contribution in [3.8, 4) is 33.9 Å². The Morgan fingerprint density at radius 3 is 1.81 bits per heavy atom. The summed E-state index contributed by atoms with van der Waals surface area (Å²) >= 11 is 0. The van der Waals surface area contributed by atoms with Crippen LogP contribution in [0.3, 0.4) is 0 Å². The minimum atomic E-state index is -0.0755. The molecule has 2 unspecified atom stereocenters. The number of benzene rings is 6. The van der Waals surface area contributed by atoms with Crippen LogP contribution in [-0.2, 0) is 5.41 Å². The summed E-state index contributed by atoms with van der Waals surface area (Å²) in [6.45, 7) is 4.72. The molecule has 0 fully saturated rings. The van der Waals surface area contributed by atoms with E-state index in [9.17, 15) is 0 Å². The molecule has 0 saturated carbocycles. The number of anilines is 5. The molecule has 0 bridgehead atoms. The van der Waals surface area contributed by atoms with Crippen molar-refractivity contribution in [2.75, 3.05) is 9.80 Å². The number of aromatic nitrogens is 3. The number of hydrogen-bond acceptors (Lipinski definition) is 5. The Hall–Kier alpha value is -6.59. The third kappa shape index (κ3) is 5.11. The van der Waals surface area contributed by atoms with Crippen molar-refractivity contribution >= 4 is 28.7 Å². The summed E-state index contributed by atoms with van der Waals surface area (Å²) in [6.07, 6.45) is 9.10. The predicted molar refractivity (Wildman–Crippen MR) is 216 cm³/mol. The maximum atomic E-state index is 5.11. The summed E-state index contributed by atoms with van der Waals surface area (Å²) in [5.74, 6) is 2.08. The standard InChI is InChI=1S/C48H37N5/c1-48(2)41-24-14-12-22-37(41)39-30-40-38-23-13-15-25-43(38)53(44(40)31-42(39)48)36-28-26-35(27-29-36)52(34-20-10-5-11-21-34)47-50-45(32-16-6-3-7-17-32)49-46(51-47)33-18-8-4-9-19-33/h3-31,38,43H,1-2H3. The minimum absolute atomic E-state index is 0.0755. The van der Waals surface area contributed by atoms with Crippen LogP contribution in [0.1, 0.15) is 36.5 Å². The highest BCUT2D eigenvalue weighted by molar-refractivity contribution is 5.88. The van der Waals surface area contributed by atoms with E-state index in [1.165, 1.54) is 33.5 Å². The Balaban J connectivity index is 1.09. The number of rotatable bonds is 6. The summed E-state index contributed by atoms with van der Waals surface area (Å²) in [7, 11) is 0. The number of fused-ring (bicyclic) bond motifs is 6. The number of para-hydroxylation sites is 1. The fourth-order valence-electron chi connectivity index (χ4n) is 8.45. The average Bonchev–Trinajstić information content (AvgIpc) is 3.66. The number of hydrogen-bond donors (Lipinski definition) is 0. The van der Waals surface area contributed by atoms with Gasteiger partial charge >= 0.3 is 0 Å². The van der Waals surface area contributed by atoms with E-state index in [4.69, 9.17) is 15.0 Å². The van der Waals surface area contributed by atoms with Crippen molar-refractivity contribution in [2.45, 2.75) is 31.2 Å². The fourth-order valence-corrected chi connectivity index (χ4v) is 8.45. The molecular formula is C48H37N5. The molecule has 10 rings (SSSR count). The van der Waals surface area contributed by atoms with Crippen molar-refractivity contribution in [3.63, 3.8) is 0 Å². The van der Waals surface area contributed by atoms with Gasteiger partial charge in [-0.15, -0.1) is 0 Å². The van der Waals surface area contributed by atoms with Crippen LogP contribution in [0.15, 0.2) is 176 Å². The van der Waals surface area contributed by atoms with E-state index in [-0.39, 0.29) is 17.4 Å². The predicted octanol–water partition coefficient (Wildman–Crippen LogP) is 11.7. The Bertz CT molecular complexity index is 2480. The minimum Gasteiger partial charge on any atom is -0.333 e. The van der Waals surface area contributed by atoms with E-state index in [0.29, 0.717) is 17.6 Å². The maximum Gasteiger partial charge on any atom is 0.238 e. The lowest BCUT2D eigenvalue weighted by Crippen LogP contribution is -2.28. The zero-order valence-electron chi connectivity index (χ0n) is 29.6. The molecule has 53 heavy (non-hydrogen) atoms. The van der Waals surface area contributed by atoms with Gasteiger partial charge in [-0.3, -0.25) is 4.90 Å². The Kier molecular flexibility index (Phi) is 7.22. The summed E-state index contributed by atoms with van der Waals surface area (Å²) in [6, 6.07) is 53.5. The van der Waals surface area contributed by atoms with Gasteiger partial charge in [0.1, 0.15) is 0 Å². The molecule has 0 saturated heterocycles. The van der Waals surface area contributed by atoms with Gasteiger partial charge < -0.3 is 4.90 Å². The van der Waals surface area contributed by atoms with Crippen LogP contribution in [0.25, 0.3) is 33.9 Å². The third-order valence-electron chi connectivity index (χ3n) is 11.0. The van der Waals surface area contributed by atoms with Gasteiger partial charge in [0, 0.05) is 45.2 Å². The number of allylic oxidation sites excluding steroid dienone is 2. The SMILES string of the molecule is CC1(C)c2ccccc2-c2cc3c(cc21)N(c1ccc(N(c2ccccc2)c2nc(-c4ccccc4)nc(-c4ccccc4)n2)cc1)C1C=CC=CC31. The van der Waals surface area contributed by atoms with Gasteiger partial charge in [0.05, 0.1) is 6.04 Å². The Morgan fingerprint density at radius 1 is 0.547 bits per heavy atom. The lowest BCUT2D eigenvalue weighted by atomic mass is 9.81. The average molecular weight is 684 g/mol. The molecule has 6 aromatic carbocycles. The molecule has 0 amide bonds. The first kappa shape index (κ1) is 31.2. The van der Waals surface area contributed by atoms with Crippen LogP contribution in [0.2, 0.25) is 0 Å². The second kappa shape index (κ2) is 12.3. The van der Waals surface area contributed by atoms with Gasteiger partial charge in [-0.1, -0.05) is 141 Å². The van der Waals surface area contributed by atoms with Crippen molar-refractivity contribution in [1.82, 2.24) is 15.0 Å². The van der Waals surface area contributed by atoms with Gasteiger partial charge in [0.25, 0.3) is 0 Å². The van der Waals surface area contributed by atoms with E-state index in [0.717, 1.165) is 28.2 Å². The molecule has 2 atom stereocenters. The van der Waals surface area contributed by atoms with Crippen molar-refractivity contribution in [2.24, 2.45) is 0 Å². The molecule has 0 N–H and O–H groups in total. The van der Waals surface area contributed by atoms with Crippen molar-refractivity contribution in [3.05, 3.63) is 193 Å². The third-order valence-corrected chi connectivity index (χ3v) is 11.0. The molecule has 2 aliphatic carbocycles. The topological polar surface area (TPSA) is 45.2 Å². The summed E-state index contributed by atoms with van der Waals surface area (Å²) in [4.78, 5) is 19.8. The molecule has 3 aliphatic rings. The van der Waals surface area contributed by atoms with Gasteiger partial charge in [-0.2, -0.15) is 9.97 Å². The first-order chi connectivity index (χ1) is 26.0. The largest absolute Gasteiger partial charge is 0.333 e. The molecule has 2 heterocycles. The van der Waals surface area contributed by atoms with Gasteiger partial charge in [-0.25, -0.2) is 4.98 Å². The van der Waals surface area contributed by atoms with Crippen molar-refractivity contribution < 1.29 is 0 Å². The van der Waals surface area contributed by atoms with Crippen LogP contribution >= 0.6 is 0 Å². The van der Waals surface area contributed by atoms with Crippen LogP contribution in [0, 0.1) is 0 Å². The molecule has 7 aromatic rings. The first-order valence-electron chi connectivity index (χ1n) is 18.3. The highest BCUT2D eigenvalue weighted by Gasteiger charge is 2.42. The molecule has 254 valence electrons. The lowest BCUT2D eigenvalue weighted by molar-refractivity contribution is 0.660. The zero-order valence-corrected chi connectivity index (χ0v) is 29.6.